The molecule has 0 aliphatic carbocycles. The van der Waals surface area contributed by atoms with Gasteiger partial charge in [0.2, 0.25) is 11.7 Å². The molecule has 0 aliphatic rings. The van der Waals surface area contributed by atoms with E-state index in [1.165, 1.54) is 0 Å². The fourth-order valence-electron chi connectivity index (χ4n) is 2.43. The summed E-state index contributed by atoms with van der Waals surface area (Å²) in [7, 11) is 0. The second kappa shape index (κ2) is 5.44. The van der Waals surface area contributed by atoms with Crippen LogP contribution in [0, 0.1) is 17.5 Å². The van der Waals surface area contributed by atoms with Gasteiger partial charge in [0.25, 0.3) is 0 Å². The van der Waals surface area contributed by atoms with Gasteiger partial charge in [-0.2, -0.15) is 4.98 Å². The van der Waals surface area contributed by atoms with E-state index in [-0.39, 0.29) is 0 Å². The van der Waals surface area contributed by atoms with Gasteiger partial charge in [0.15, 0.2) is 0 Å². The van der Waals surface area contributed by atoms with E-state index < -0.39 is 0 Å². The Balaban J connectivity index is 1.67. The summed E-state index contributed by atoms with van der Waals surface area (Å²) in [6.07, 6.45) is 4.28. The number of fused-ring (bicyclic) bond motifs is 1. The molecule has 0 bridgehead atoms. The minimum Gasteiger partial charge on any atom is -0.361 e. The van der Waals surface area contributed by atoms with Gasteiger partial charge in [0.05, 0.1) is 18.3 Å². The molecule has 7 nitrogen and oxygen atoms in total. The first-order valence-electron chi connectivity index (χ1n) is 6.99. The van der Waals surface area contributed by atoms with Crippen LogP contribution in [0.3, 0.4) is 0 Å². The minimum atomic E-state index is 0.513. The molecule has 0 unspecified atom stereocenters. The number of hydrogen-bond acceptors (Lipinski definition) is 6. The van der Waals surface area contributed by atoms with Gasteiger partial charge in [-0.15, -0.1) is 0 Å². The molecule has 0 amide bonds. The number of pyridine rings is 1. The summed E-state index contributed by atoms with van der Waals surface area (Å²) < 4.78 is 13.5. The maximum absolute atomic E-state index is 5.37. The molecular formula is C15H12IN5O2. The number of aryl methyl sites for hydroxylation is 2. The van der Waals surface area contributed by atoms with Crippen molar-refractivity contribution >= 4 is 28.2 Å². The molecule has 0 saturated heterocycles. The van der Waals surface area contributed by atoms with Crippen LogP contribution in [0.25, 0.3) is 17.0 Å². The fraction of sp³-hybridized carbons (Fsp3) is 0.200. The van der Waals surface area contributed by atoms with E-state index in [0.717, 1.165) is 31.9 Å². The van der Waals surface area contributed by atoms with E-state index in [1.807, 2.05) is 42.8 Å². The zero-order valence-corrected chi connectivity index (χ0v) is 14.6. The monoisotopic (exact) mass is 421 g/mol. The van der Waals surface area contributed by atoms with Crippen LogP contribution < -0.4 is 0 Å². The Morgan fingerprint density at radius 2 is 2.04 bits per heavy atom. The van der Waals surface area contributed by atoms with Crippen LogP contribution in [0.4, 0.5) is 0 Å². The maximum atomic E-state index is 5.37. The Kier molecular flexibility index (Phi) is 3.40. The van der Waals surface area contributed by atoms with Crippen LogP contribution >= 0.6 is 22.6 Å². The fourth-order valence-corrected chi connectivity index (χ4v) is 2.96. The summed E-state index contributed by atoms with van der Waals surface area (Å²) in [5.41, 5.74) is 3.59. The van der Waals surface area contributed by atoms with Crippen molar-refractivity contribution in [1.29, 1.82) is 0 Å². The highest BCUT2D eigenvalue weighted by molar-refractivity contribution is 14.1. The first kappa shape index (κ1) is 14.4. The summed E-state index contributed by atoms with van der Waals surface area (Å²) in [6, 6.07) is 3.87. The number of aromatic nitrogens is 5. The molecule has 4 aromatic heterocycles. The van der Waals surface area contributed by atoms with Crippen molar-refractivity contribution in [3.05, 3.63) is 51.1 Å². The van der Waals surface area contributed by atoms with Crippen molar-refractivity contribution in [1.82, 2.24) is 24.7 Å². The van der Waals surface area contributed by atoms with Gasteiger partial charge in [-0.05, 0) is 48.6 Å². The number of imidazole rings is 1. The Morgan fingerprint density at radius 3 is 2.83 bits per heavy atom. The van der Waals surface area contributed by atoms with Gasteiger partial charge < -0.3 is 9.05 Å². The molecule has 0 saturated carbocycles. The topological polar surface area (TPSA) is 82.2 Å². The van der Waals surface area contributed by atoms with Gasteiger partial charge >= 0.3 is 0 Å². The molecule has 0 spiro atoms. The first-order chi connectivity index (χ1) is 11.1. The summed E-state index contributed by atoms with van der Waals surface area (Å²) in [6.45, 7) is 3.78. The van der Waals surface area contributed by atoms with Crippen LogP contribution in [-0.4, -0.2) is 24.7 Å². The van der Waals surface area contributed by atoms with Crippen molar-refractivity contribution in [2.75, 3.05) is 0 Å². The molecule has 0 atom stereocenters. The Bertz CT molecular complexity index is 981. The van der Waals surface area contributed by atoms with Crippen molar-refractivity contribution in [2.45, 2.75) is 20.3 Å². The standard InChI is InChI=1S/C15H12IN5O2/c1-8-11(9(2)22-19-8)5-14-18-15(20-23-14)10-3-4-13-17-6-12(16)21(13)7-10/h3-4,6-7H,5H2,1-2H3. The van der Waals surface area contributed by atoms with E-state index in [4.69, 9.17) is 9.05 Å². The highest BCUT2D eigenvalue weighted by Gasteiger charge is 2.15. The molecule has 4 aromatic rings. The third-order valence-electron chi connectivity index (χ3n) is 3.70. The highest BCUT2D eigenvalue weighted by atomic mass is 127. The Hall–Kier alpha value is -2.23. The van der Waals surface area contributed by atoms with Crippen LogP contribution in [0.5, 0.6) is 0 Å². The average Bonchev–Trinajstić information content (AvgIpc) is 3.24. The molecule has 0 aliphatic heterocycles. The van der Waals surface area contributed by atoms with Crippen molar-refractivity contribution in [3.8, 4) is 11.4 Å². The summed E-state index contributed by atoms with van der Waals surface area (Å²) in [5.74, 6) is 1.87. The smallest absolute Gasteiger partial charge is 0.231 e. The largest absolute Gasteiger partial charge is 0.361 e. The van der Waals surface area contributed by atoms with Crippen molar-refractivity contribution in [2.24, 2.45) is 0 Å². The Labute approximate surface area is 144 Å². The molecule has 116 valence electrons. The lowest BCUT2D eigenvalue weighted by molar-refractivity contribution is 0.381. The number of nitrogens with zero attached hydrogens (tertiary/aromatic N) is 5. The van der Waals surface area contributed by atoms with E-state index in [0.29, 0.717) is 18.1 Å². The predicted molar refractivity (Wildman–Crippen MR) is 90.0 cm³/mol. The summed E-state index contributed by atoms with van der Waals surface area (Å²) in [4.78, 5) is 8.78. The van der Waals surface area contributed by atoms with E-state index in [2.05, 4.69) is 42.9 Å². The van der Waals surface area contributed by atoms with Crippen LogP contribution in [0.15, 0.2) is 33.6 Å². The first-order valence-corrected chi connectivity index (χ1v) is 8.07. The second-order valence-electron chi connectivity index (χ2n) is 5.22. The number of hydrogen-bond donors (Lipinski definition) is 0. The SMILES string of the molecule is Cc1noc(C)c1Cc1nc(-c2ccc3ncc(I)n3c2)no1. The number of rotatable bonds is 3. The summed E-state index contributed by atoms with van der Waals surface area (Å²) in [5, 5.41) is 8.01. The lowest BCUT2D eigenvalue weighted by Crippen LogP contribution is -1.92. The zero-order valence-electron chi connectivity index (χ0n) is 12.4. The maximum Gasteiger partial charge on any atom is 0.231 e. The lowest BCUT2D eigenvalue weighted by atomic mass is 10.1. The van der Waals surface area contributed by atoms with Crippen molar-refractivity contribution in [3.63, 3.8) is 0 Å². The van der Waals surface area contributed by atoms with E-state index in [9.17, 15) is 0 Å². The van der Waals surface area contributed by atoms with Gasteiger partial charge in [-0.1, -0.05) is 10.3 Å². The van der Waals surface area contributed by atoms with Gasteiger partial charge in [-0.3, -0.25) is 4.40 Å². The quantitative estimate of drug-likeness (QED) is 0.473. The molecule has 0 fully saturated rings. The molecule has 4 rings (SSSR count). The van der Waals surface area contributed by atoms with E-state index in [1.54, 1.807) is 0 Å². The normalized spacial score (nSPS) is 11.4. The van der Waals surface area contributed by atoms with Gasteiger partial charge in [0.1, 0.15) is 15.1 Å². The van der Waals surface area contributed by atoms with Crippen molar-refractivity contribution < 1.29 is 9.05 Å². The van der Waals surface area contributed by atoms with E-state index >= 15 is 0 Å². The number of halogens is 1. The third kappa shape index (κ3) is 2.52. The average molecular weight is 421 g/mol. The Morgan fingerprint density at radius 1 is 1.17 bits per heavy atom. The molecule has 0 N–H and O–H groups in total. The highest BCUT2D eigenvalue weighted by Crippen LogP contribution is 2.21. The molecule has 23 heavy (non-hydrogen) atoms. The second-order valence-corrected chi connectivity index (χ2v) is 6.32. The predicted octanol–water partition coefficient (Wildman–Crippen LogP) is 3.18. The zero-order chi connectivity index (χ0) is 16.0. The van der Waals surface area contributed by atoms with Crippen LogP contribution in [0.1, 0.15) is 22.9 Å². The molecule has 4 heterocycles. The molecule has 8 heteroatoms. The van der Waals surface area contributed by atoms with Crippen LogP contribution in [-0.2, 0) is 6.42 Å². The molecule has 0 radical (unpaired) electrons. The molecular weight excluding hydrogens is 409 g/mol. The minimum absolute atomic E-state index is 0.513. The van der Waals surface area contributed by atoms with Gasteiger partial charge in [-0.25, -0.2) is 4.98 Å². The summed E-state index contributed by atoms with van der Waals surface area (Å²) >= 11 is 2.23. The third-order valence-corrected chi connectivity index (χ3v) is 4.49. The lowest BCUT2D eigenvalue weighted by Gasteiger charge is -1.98. The van der Waals surface area contributed by atoms with Gasteiger partial charge in [0, 0.05) is 17.3 Å². The molecule has 0 aromatic carbocycles. The van der Waals surface area contributed by atoms with Crippen LogP contribution in [0.2, 0.25) is 0 Å².